The zero-order valence-corrected chi connectivity index (χ0v) is 20.2. The second-order valence-electron chi connectivity index (χ2n) is 8.85. The lowest BCUT2D eigenvalue weighted by atomic mass is 9.94. The van der Waals surface area contributed by atoms with Crippen molar-refractivity contribution in [2.75, 3.05) is 31.6 Å². The first-order chi connectivity index (χ1) is 16.3. The number of nitrogens with zero attached hydrogens (tertiary/aromatic N) is 1. The van der Waals surface area contributed by atoms with Gasteiger partial charge in [0, 0.05) is 24.9 Å². The smallest absolute Gasteiger partial charge is 0.241 e. The molecule has 8 nitrogen and oxygen atoms in total. The van der Waals surface area contributed by atoms with Crippen LogP contribution in [0.1, 0.15) is 52.7 Å². The average molecular weight is 486 g/mol. The second kappa shape index (κ2) is 10.2. The van der Waals surface area contributed by atoms with Gasteiger partial charge in [-0.2, -0.15) is 0 Å². The van der Waals surface area contributed by atoms with E-state index >= 15 is 0 Å². The fraction of sp³-hybridized carbons (Fsp3) is 0.440. The van der Waals surface area contributed by atoms with Crippen LogP contribution in [0.15, 0.2) is 35.2 Å². The number of ether oxygens (including phenoxy) is 1. The molecule has 0 spiro atoms. The van der Waals surface area contributed by atoms with Gasteiger partial charge in [0.2, 0.25) is 15.9 Å². The van der Waals surface area contributed by atoms with Crippen molar-refractivity contribution in [2.24, 2.45) is 5.14 Å². The SMILES string of the molecule is COc1ccc(CCNCCCCC(=O)c2cc3c4c(c2)CCN4C(=O)CC3)cc1S(N)(=O)=O. The number of methoxy groups -OCH3 is 1. The first-order valence-electron chi connectivity index (χ1n) is 11.7. The van der Waals surface area contributed by atoms with E-state index in [0.717, 1.165) is 66.7 Å². The predicted octanol–water partition coefficient (Wildman–Crippen LogP) is 2.36. The number of hydrogen-bond acceptors (Lipinski definition) is 6. The minimum Gasteiger partial charge on any atom is -0.495 e. The number of hydrogen-bond donors (Lipinski definition) is 2. The highest BCUT2D eigenvalue weighted by molar-refractivity contribution is 7.89. The molecule has 9 heteroatoms. The number of carbonyl (C=O) groups is 2. The predicted molar refractivity (Wildman–Crippen MR) is 130 cm³/mol. The maximum absolute atomic E-state index is 12.7. The number of nitrogens with one attached hydrogen (secondary N) is 1. The van der Waals surface area contributed by atoms with E-state index in [9.17, 15) is 18.0 Å². The molecule has 182 valence electrons. The Kier molecular flexibility index (Phi) is 7.35. The standard InChI is InChI=1S/C25H31N3O5S/c1-33-22-7-5-17(14-23(22)34(26,31)32)9-12-27-11-3-2-4-21(29)20-15-18-6-8-24(30)28-13-10-19(16-20)25(18)28/h5,7,14-16,27H,2-4,6,8-13H2,1H3,(H2,26,31,32). The maximum Gasteiger partial charge on any atom is 0.241 e. The van der Waals surface area contributed by atoms with Crippen molar-refractivity contribution in [1.82, 2.24) is 5.32 Å². The quantitative estimate of drug-likeness (QED) is 0.373. The van der Waals surface area contributed by atoms with Crippen LogP contribution in [0.5, 0.6) is 5.75 Å². The number of benzene rings is 2. The zero-order chi connectivity index (χ0) is 24.3. The highest BCUT2D eigenvalue weighted by Crippen LogP contribution is 2.37. The van der Waals surface area contributed by atoms with Gasteiger partial charge in [-0.15, -0.1) is 0 Å². The molecule has 0 saturated heterocycles. The highest BCUT2D eigenvalue weighted by atomic mass is 32.2. The van der Waals surface area contributed by atoms with Crippen molar-refractivity contribution in [3.8, 4) is 5.75 Å². The number of rotatable bonds is 11. The van der Waals surface area contributed by atoms with Gasteiger partial charge in [-0.05, 0) is 86.1 Å². The van der Waals surface area contributed by atoms with E-state index in [1.165, 1.54) is 7.11 Å². The summed E-state index contributed by atoms with van der Waals surface area (Å²) in [5.41, 5.74) is 4.92. The monoisotopic (exact) mass is 485 g/mol. The number of ketones is 1. The van der Waals surface area contributed by atoms with E-state index in [0.29, 0.717) is 25.8 Å². The minimum absolute atomic E-state index is 0.00831. The molecule has 0 aromatic heterocycles. The molecule has 2 aromatic carbocycles. The topological polar surface area (TPSA) is 119 Å². The number of aryl methyl sites for hydroxylation is 1. The molecule has 0 radical (unpaired) electrons. The Labute approximate surface area is 200 Å². The molecular weight excluding hydrogens is 454 g/mol. The van der Waals surface area contributed by atoms with E-state index in [4.69, 9.17) is 9.88 Å². The number of primary sulfonamides is 1. The van der Waals surface area contributed by atoms with Crippen molar-refractivity contribution >= 4 is 27.4 Å². The lowest BCUT2D eigenvalue weighted by Gasteiger charge is -2.25. The summed E-state index contributed by atoms with van der Waals surface area (Å²) < 4.78 is 28.5. The Balaban J connectivity index is 1.21. The normalized spacial score (nSPS) is 14.9. The van der Waals surface area contributed by atoms with Crippen molar-refractivity contribution in [3.05, 3.63) is 52.6 Å². The van der Waals surface area contributed by atoms with Gasteiger partial charge in [0.25, 0.3) is 0 Å². The van der Waals surface area contributed by atoms with E-state index in [-0.39, 0.29) is 22.3 Å². The van der Waals surface area contributed by atoms with E-state index in [1.54, 1.807) is 12.1 Å². The molecule has 2 aliphatic heterocycles. The van der Waals surface area contributed by atoms with Gasteiger partial charge in [-0.3, -0.25) is 9.59 Å². The van der Waals surface area contributed by atoms with Gasteiger partial charge < -0.3 is 15.0 Å². The van der Waals surface area contributed by atoms with Crippen LogP contribution in [0.3, 0.4) is 0 Å². The average Bonchev–Trinajstić information content (AvgIpc) is 3.25. The molecule has 0 aliphatic carbocycles. The van der Waals surface area contributed by atoms with Gasteiger partial charge in [0.05, 0.1) is 12.8 Å². The van der Waals surface area contributed by atoms with Crippen molar-refractivity contribution < 1.29 is 22.7 Å². The summed E-state index contributed by atoms with van der Waals surface area (Å²) in [6.07, 6.45) is 4.89. The van der Waals surface area contributed by atoms with Crippen LogP contribution in [-0.4, -0.2) is 46.9 Å². The molecule has 0 bridgehead atoms. The van der Waals surface area contributed by atoms with Crippen LogP contribution in [0.2, 0.25) is 0 Å². The third kappa shape index (κ3) is 5.32. The fourth-order valence-corrected chi connectivity index (χ4v) is 5.50. The van der Waals surface area contributed by atoms with Crippen LogP contribution < -0.4 is 20.1 Å². The number of carbonyl (C=O) groups excluding carboxylic acids is 2. The third-order valence-electron chi connectivity index (χ3n) is 6.51. The molecule has 0 unspecified atom stereocenters. The van der Waals surface area contributed by atoms with Crippen molar-refractivity contribution in [3.63, 3.8) is 0 Å². The largest absolute Gasteiger partial charge is 0.495 e. The van der Waals surface area contributed by atoms with E-state index < -0.39 is 10.0 Å². The van der Waals surface area contributed by atoms with E-state index in [1.807, 2.05) is 23.1 Å². The zero-order valence-electron chi connectivity index (χ0n) is 19.4. The Morgan fingerprint density at radius 2 is 1.85 bits per heavy atom. The molecule has 2 aliphatic rings. The molecule has 2 heterocycles. The Bertz CT molecular complexity index is 1210. The van der Waals surface area contributed by atoms with E-state index in [2.05, 4.69) is 5.32 Å². The first-order valence-corrected chi connectivity index (χ1v) is 13.2. The number of nitrogens with two attached hydrogens (primary N) is 1. The van der Waals surface area contributed by atoms with Crippen molar-refractivity contribution in [1.29, 1.82) is 0 Å². The highest BCUT2D eigenvalue weighted by Gasteiger charge is 2.31. The Morgan fingerprint density at radius 3 is 2.59 bits per heavy atom. The summed E-state index contributed by atoms with van der Waals surface area (Å²) >= 11 is 0. The van der Waals surface area contributed by atoms with Crippen molar-refractivity contribution in [2.45, 2.75) is 49.8 Å². The molecular formula is C25H31N3O5S. The number of anilines is 1. The van der Waals surface area contributed by atoms with Gasteiger partial charge in [-0.1, -0.05) is 6.07 Å². The maximum atomic E-state index is 12.7. The summed E-state index contributed by atoms with van der Waals surface area (Å²) in [6, 6.07) is 8.95. The van der Waals surface area contributed by atoms with Crippen LogP contribution in [0.4, 0.5) is 5.69 Å². The second-order valence-corrected chi connectivity index (χ2v) is 10.4. The molecule has 1 amide bonds. The summed E-state index contributed by atoms with van der Waals surface area (Å²) in [6.45, 7) is 2.19. The Hall–Kier alpha value is -2.75. The van der Waals surface area contributed by atoms with Crippen LogP contribution in [0.25, 0.3) is 0 Å². The van der Waals surface area contributed by atoms with Crippen LogP contribution >= 0.6 is 0 Å². The molecule has 0 fully saturated rings. The van der Waals surface area contributed by atoms with Crippen LogP contribution in [0, 0.1) is 0 Å². The molecule has 34 heavy (non-hydrogen) atoms. The first kappa shape index (κ1) is 24.4. The Morgan fingerprint density at radius 1 is 1.09 bits per heavy atom. The lowest BCUT2D eigenvalue weighted by molar-refractivity contribution is -0.118. The molecule has 4 rings (SSSR count). The number of Topliss-reactive ketones (excluding diaryl/α,β-unsaturated/α-hetero) is 1. The van der Waals surface area contributed by atoms with Gasteiger partial charge in [0.1, 0.15) is 10.6 Å². The number of unbranched alkanes of at least 4 members (excludes halogenated alkanes) is 1. The lowest BCUT2D eigenvalue weighted by Crippen LogP contribution is -2.32. The summed E-state index contributed by atoms with van der Waals surface area (Å²) in [5.74, 6) is 0.583. The number of amides is 1. The van der Waals surface area contributed by atoms with Crippen LogP contribution in [-0.2, 0) is 34.1 Å². The summed E-state index contributed by atoms with van der Waals surface area (Å²) in [5, 5.41) is 8.61. The van der Waals surface area contributed by atoms with Gasteiger partial charge in [-0.25, -0.2) is 13.6 Å². The number of sulfonamides is 1. The molecule has 0 atom stereocenters. The minimum atomic E-state index is -3.85. The fourth-order valence-electron chi connectivity index (χ4n) is 4.76. The molecule has 2 aromatic rings. The summed E-state index contributed by atoms with van der Waals surface area (Å²) in [4.78, 5) is 26.7. The van der Waals surface area contributed by atoms with Gasteiger partial charge in [0.15, 0.2) is 5.78 Å². The molecule has 0 saturated carbocycles. The van der Waals surface area contributed by atoms with Gasteiger partial charge >= 0.3 is 0 Å². The summed E-state index contributed by atoms with van der Waals surface area (Å²) in [7, 11) is -2.44. The molecule has 3 N–H and O–H groups in total. The third-order valence-corrected chi connectivity index (χ3v) is 7.44.